The second-order valence-electron chi connectivity index (χ2n) is 10.3. The number of hydrogen-bond donors (Lipinski definition) is 0. The Morgan fingerprint density at radius 1 is 0.941 bits per heavy atom. The van der Waals surface area contributed by atoms with Crippen molar-refractivity contribution in [1.29, 1.82) is 0 Å². The van der Waals surface area contributed by atoms with Crippen LogP contribution in [0.15, 0.2) is 48.5 Å². The summed E-state index contributed by atoms with van der Waals surface area (Å²) in [6, 6.07) is 17.7. The van der Waals surface area contributed by atoms with E-state index in [-0.39, 0.29) is 5.91 Å². The number of piperidine rings is 1. The summed E-state index contributed by atoms with van der Waals surface area (Å²) in [6.45, 7) is 5.52. The molecule has 1 aromatic heterocycles. The Morgan fingerprint density at radius 3 is 2.47 bits per heavy atom. The van der Waals surface area contributed by atoms with Crippen molar-refractivity contribution >= 4 is 16.8 Å². The van der Waals surface area contributed by atoms with Crippen LogP contribution in [0.3, 0.4) is 0 Å². The highest BCUT2D eigenvalue weighted by Crippen LogP contribution is 2.34. The van der Waals surface area contributed by atoms with E-state index in [9.17, 15) is 4.79 Å². The zero-order chi connectivity index (χ0) is 23.1. The average Bonchev–Trinajstić information content (AvgIpc) is 3.20. The van der Waals surface area contributed by atoms with E-state index in [0.717, 1.165) is 77.1 Å². The molecule has 4 heterocycles. The van der Waals surface area contributed by atoms with E-state index in [1.807, 2.05) is 6.07 Å². The zero-order valence-corrected chi connectivity index (χ0v) is 20.2. The van der Waals surface area contributed by atoms with Crippen molar-refractivity contribution < 1.29 is 9.53 Å². The van der Waals surface area contributed by atoms with Crippen LogP contribution in [0.25, 0.3) is 10.9 Å². The monoisotopic (exact) mass is 457 g/mol. The number of aromatic nitrogens is 1. The van der Waals surface area contributed by atoms with E-state index < -0.39 is 0 Å². The fourth-order valence-electron chi connectivity index (χ4n) is 6.42. The molecule has 3 aliphatic rings. The molecule has 2 aromatic carbocycles. The average molecular weight is 458 g/mol. The quantitative estimate of drug-likeness (QED) is 0.570. The Hall–Kier alpha value is -2.63. The van der Waals surface area contributed by atoms with Crippen LogP contribution in [0.5, 0.6) is 0 Å². The van der Waals surface area contributed by atoms with Crippen LogP contribution in [0.4, 0.5) is 0 Å². The van der Waals surface area contributed by atoms with E-state index in [4.69, 9.17) is 4.74 Å². The first kappa shape index (κ1) is 21.9. The summed E-state index contributed by atoms with van der Waals surface area (Å²) >= 11 is 0. The van der Waals surface area contributed by atoms with Crippen LogP contribution >= 0.6 is 0 Å². The molecule has 1 amide bonds. The molecule has 5 nitrogen and oxygen atoms in total. The van der Waals surface area contributed by atoms with Crippen LogP contribution < -0.4 is 0 Å². The van der Waals surface area contributed by atoms with Gasteiger partial charge in [-0.3, -0.25) is 9.69 Å². The maximum atomic E-state index is 13.5. The molecule has 178 valence electrons. The van der Waals surface area contributed by atoms with Gasteiger partial charge in [-0.05, 0) is 60.9 Å². The minimum atomic E-state index is 0.183. The van der Waals surface area contributed by atoms with Crippen molar-refractivity contribution in [3.05, 3.63) is 70.9 Å². The molecule has 3 aliphatic heterocycles. The molecule has 34 heavy (non-hydrogen) atoms. The van der Waals surface area contributed by atoms with Gasteiger partial charge in [-0.2, -0.15) is 0 Å². The van der Waals surface area contributed by atoms with Crippen molar-refractivity contribution in [2.24, 2.45) is 7.05 Å². The van der Waals surface area contributed by atoms with Gasteiger partial charge in [0.1, 0.15) is 0 Å². The highest BCUT2D eigenvalue weighted by atomic mass is 16.5. The Balaban J connectivity index is 1.21. The molecule has 0 atom stereocenters. The number of fused-ring (bicyclic) bond motifs is 3. The van der Waals surface area contributed by atoms with Gasteiger partial charge in [-0.1, -0.05) is 30.3 Å². The number of carbonyl (C=O) groups is 1. The van der Waals surface area contributed by atoms with Crippen LogP contribution in [0.1, 0.15) is 58.8 Å². The molecule has 2 saturated heterocycles. The normalized spacial score (nSPS) is 20.6. The molecule has 0 bridgehead atoms. The van der Waals surface area contributed by atoms with Crippen LogP contribution in [-0.4, -0.2) is 59.2 Å². The Labute approximate surface area is 202 Å². The van der Waals surface area contributed by atoms with Gasteiger partial charge in [-0.25, -0.2) is 0 Å². The first-order valence-electron chi connectivity index (χ1n) is 13.0. The van der Waals surface area contributed by atoms with Gasteiger partial charge >= 0.3 is 0 Å². The van der Waals surface area contributed by atoms with Gasteiger partial charge in [0.25, 0.3) is 5.91 Å². The molecule has 0 N–H and O–H groups in total. The van der Waals surface area contributed by atoms with Gasteiger partial charge in [0.05, 0.1) is 0 Å². The number of aryl methyl sites for hydroxylation is 1. The molecule has 0 spiro atoms. The third kappa shape index (κ3) is 3.95. The molecule has 0 saturated carbocycles. The summed E-state index contributed by atoms with van der Waals surface area (Å²) < 4.78 is 7.95. The lowest BCUT2D eigenvalue weighted by Crippen LogP contribution is -2.42. The topological polar surface area (TPSA) is 37.7 Å². The summed E-state index contributed by atoms with van der Waals surface area (Å²) in [7, 11) is 2.18. The maximum Gasteiger partial charge on any atom is 0.253 e. The first-order valence-corrected chi connectivity index (χ1v) is 13.0. The van der Waals surface area contributed by atoms with E-state index in [1.54, 1.807) is 0 Å². The smallest absolute Gasteiger partial charge is 0.253 e. The summed E-state index contributed by atoms with van der Waals surface area (Å²) in [6.07, 6.45) is 5.41. The van der Waals surface area contributed by atoms with Crippen molar-refractivity contribution in [2.45, 2.75) is 50.6 Å². The second-order valence-corrected chi connectivity index (χ2v) is 10.3. The summed E-state index contributed by atoms with van der Waals surface area (Å²) in [5.41, 5.74) is 6.35. The highest BCUT2D eigenvalue weighted by molar-refractivity contribution is 5.99. The first-order chi connectivity index (χ1) is 16.7. The molecule has 0 radical (unpaired) electrons. The number of carbonyl (C=O) groups excluding carboxylic acids is 1. The Kier molecular flexibility index (Phi) is 5.92. The van der Waals surface area contributed by atoms with Crippen molar-refractivity contribution in [1.82, 2.24) is 14.4 Å². The molecular weight excluding hydrogens is 422 g/mol. The number of amides is 1. The number of ether oxygens (including phenoxy) is 1. The number of benzene rings is 2. The molecule has 3 aromatic rings. The van der Waals surface area contributed by atoms with Crippen LogP contribution in [-0.2, 0) is 24.8 Å². The van der Waals surface area contributed by atoms with E-state index >= 15 is 0 Å². The third-order valence-corrected chi connectivity index (χ3v) is 8.44. The molecular formula is C29H35N3O2. The summed E-state index contributed by atoms with van der Waals surface area (Å²) in [4.78, 5) is 18.2. The van der Waals surface area contributed by atoms with Crippen LogP contribution in [0, 0.1) is 0 Å². The number of likely N-dealkylation sites (tertiary alicyclic amines) is 1. The highest BCUT2D eigenvalue weighted by Gasteiger charge is 2.30. The number of rotatable bonds is 3. The standard InChI is InChI=1S/C29H35N3O2/c1-30-27-8-7-23(29(33)31-14-9-22(10-15-31)21-5-3-2-4-6-21)19-25(27)26-20-32(16-11-28(26)30)24-12-17-34-18-13-24/h2-8,19,22,24H,9-18,20H2,1H3. The lowest BCUT2D eigenvalue weighted by Gasteiger charge is -2.37. The van der Waals surface area contributed by atoms with E-state index in [0.29, 0.717) is 12.0 Å². The molecule has 2 fully saturated rings. The lowest BCUT2D eigenvalue weighted by molar-refractivity contribution is 0.0289. The van der Waals surface area contributed by atoms with Crippen molar-refractivity contribution in [3.8, 4) is 0 Å². The predicted octanol–water partition coefficient (Wildman–Crippen LogP) is 4.74. The molecule has 5 heteroatoms. The number of nitrogens with zero attached hydrogens (tertiary/aromatic N) is 3. The predicted molar refractivity (Wildman–Crippen MR) is 135 cm³/mol. The van der Waals surface area contributed by atoms with E-state index in [2.05, 4.69) is 63.9 Å². The maximum absolute atomic E-state index is 13.5. The summed E-state index contributed by atoms with van der Waals surface area (Å²) in [5.74, 6) is 0.744. The van der Waals surface area contributed by atoms with Crippen LogP contribution in [0.2, 0.25) is 0 Å². The van der Waals surface area contributed by atoms with Crippen molar-refractivity contribution in [2.75, 3.05) is 32.8 Å². The Bertz CT molecular complexity index is 1170. The van der Waals surface area contributed by atoms with Gasteiger partial charge < -0.3 is 14.2 Å². The van der Waals surface area contributed by atoms with Gasteiger partial charge in [0.15, 0.2) is 0 Å². The fourth-order valence-corrected chi connectivity index (χ4v) is 6.42. The second kappa shape index (κ2) is 9.20. The fraction of sp³-hybridized carbons (Fsp3) is 0.483. The minimum absolute atomic E-state index is 0.183. The SMILES string of the molecule is Cn1c2c(c3cc(C(=O)N4CCC(c5ccccc5)CC4)ccc31)CN(C1CCOCC1)CC2. The Morgan fingerprint density at radius 2 is 1.71 bits per heavy atom. The minimum Gasteiger partial charge on any atom is -0.381 e. The van der Waals surface area contributed by atoms with Crippen molar-refractivity contribution in [3.63, 3.8) is 0 Å². The van der Waals surface area contributed by atoms with E-state index in [1.165, 1.54) is 27.7 Å². The molecule has 6 rings (SSSR count). The lowest BCUT2D eigenvalue weighted by atomic mass is 9.89. The van der Waals surface area contributed by atoms with Gasteiger partial charge in [0.2, 0.25) is 0 Å². The number of hydrogen-bond acceptors (Lipinski definition) is 3. The van der Waals surface area contributed by atoms with Gasteiger partial charge in [-0.15, -0.1) is 0 Å². The van der Waals surface area contributed by atoms with Gasteiger partial charge in [0, 0.05) is 81.1 Å². The molecule has 0 aliphatic carbocycles. The largest absolute Gasteiger partial charge is 0.381 e. The zero-order valence-electron chi connectivity index (χ0n) is 20.2. The summed E-state index contributed by atoms with van der Waals surface area (Å²) in [5, 5.41) is 1.26. The molecule has 0 unspecified atom stereocenters. The third-order valence-electron chi connectivity index (χ3n) is 8.44.